The van der Waals surface area contributed by atoms with Gasteiger partial charge in [0.25, 0.3) is 0 Å². The van der Waals surface area contributed by atoms with E-state index in [4.69, 9.17) is 9.47 Å². The maximum absolute atomic E-state index is 13.2. The zero-order valence-electron chi connectivity index (χ0n) is 23.1. The third-order valence-electron chi connectivity index (χ3n) is 6.36. The number of anilines is 1. The molecule has 42 heavy (non-hydrogen) atoms. The van der Waals surface area contributed by atoms with Gasteiger partial charge in [-0.2, -0.15) is 0 Å². The van der Waals surface area contributed by atoms with E-state index in [2.05, 4.69) is 20.7 Å². The highest BCUT2D eigenvalue weighted by molar-refractivity contribution is 9.10. The van der Waals surface area contributed by atoms with Crippen molar-refractivity contribution in [2.45, 2.75) is 25.7 Å². The molecule has 0 spiro atoms. The van der Waals surface area contributed by atoms with Gasteiger partial charge in [0.1, 0.15) is 19.0 Å². The first kappa shape index (κ1) is 31.1. The van der Waals surface area contributed by atoms with Crippen molar-refractivity contribution in [1.82, 2.24) is 4.90 Å². The van der Waals surface area contributed by atoms with E-state index in [1.54, 1.807) is 12.1 Å². The van der Waals surface area contributed by atoms with Crippen LogP contribution >= 0.6 is 15.9 Å². The number of hydrogen-bond acceptors (Lipinski definition) is 6. The van der Waals surface area contributed by atoms with Gasteiger partial charge in [0, 0.05) is 11.0 Å². The molecule has 0 bridgehead atoms. The Morgan fingerprint density at radius 2 is 1.50 bits per heavy atom. The fraction of sp³-hybridized carbons (Fsp3) is 0.219. The standard InChI is InChI=1S/C32H33BrN2O6S/c1-42(38,39)34-29-20-27(14-17-31(29)40-22-25-8-4-2-5-9-25)30(36)21-35(19-18-24-12-15-28(33)16-13-24)32(37)41-23-26-10-6-3-7-11-26/h2-17,20,30,34,36H,18-19,21-23H2,1H3/t30-/m0/s1. The largest absolute Gasteiger partial charge is 0.487 e. The second-order valence-corrected chi connectivity index (χ2v) is 12.4. The van der Waals surface area contributed by atoms with E-state index in [1.165, 1.54) is 11.0 Å². The number of nitrogens with zero attached hydrogens (tertiary/aromatic N) is 1. The van der Waals surface area contributed by atoms with Gasteiger partial charge < -0.3 is 19.5 Å². The molecule has 0 aliphatic carbocycles. The predicted octanol–water partition coefficient (Wildman–Crippen LogP) is 6.31. The third kappa shape index (κ3) is 9.90. The van der Waals surface area contributed by atoms with Crippen molar-refractivity contribution >= 4 is 37.7 Å². The summed E-state index contributed by atoms with van der Waals surface area (Å²) in [4.78, 5) is 14.6. The molecule has 0 aliphatic heterocycles. The average molecular weight is 654 g/mol. The Hall–Kier alpha value is -3.86. The van der Waals surface area contributed by atoms with Crippen LogP contribution in [0.15, 0.2) is 108 Å². The van der Waals surface area contributed by atoms with E-state index < -0.39 is 22.2 Å². The number of rotatable bonds is 13. The summed E-state index contributed by atoms with van der Waals surface area (Å²) >= 11 is 3.43. The normalized spacial score (nSPS) is 11.9. The van der Waals surface area contributed by atoms with Crippen molar-refractivity contribution in [3.63, 3.8) is 0 Å². The van der Waals surface area contributed by atoms with Crippen molar-refractivity contribution in [2.24, 2.45) is 0 Å². The van der Waals surface area contributed by atoms with Gasteiger partial charge in [0.15, 0.2) is 0 Å². The molecule has 8 nitrogen and oxygen atoms in total. The molecule has 1 atom stereocenters. The van der Waals surface area contributed by atoms with Crippen LogP contribution in [-0.4, -0.2) is 43.9 Å². The number of hydrogen-bond donors (Lipinski definition) is 2. The molecule has 1 amide bonds. The quantitative estimate of drug-likeness (QED) is 0.175. The number of carbonyl (C=O) groups excluding carboxylic acids is 1. The molecule has 10 heteroatoms. The molecule has 0 aliphatic rings. The fourth-order valence-corrected chi connectivity index (χ4v) is 5.02. The van der Waals surface area contributed by atoms with Crippen molar-refractivity contribution in [1.29, 1.82) is 0 Å². The van der Waals surface area contributed by atoms with Crippen LogP contribution in [0.2, 0.25) is 0 Å². The van der Waals surface area contributed by atoms with Crippen LogP contribution in [0.4, 0.5) is 10.5 Å². The van der Waals surface area contributed by atoms with Crippen LogP contribution in [-0.2, 0) is 34.4 Å². The lowest BCUT2D eigenvalue weighted by atomic mass is 10.1. The molecular weight excluding hydrogens is 620 g/mol. The highest BCUT2D eigenvalue weighted by Crippen LogP contribution is 2.30. The Kier molecular flexibility index (Phi) is 11.0. The van der Waals surface area contributed by atoms with Crippen LogP contribution in [0.25, 0.3) is 0 Å². The number of sulfonamides is 1. The zero-order valence-corrected chi connectivity index (χ0v) is 25.6. The lowest BCUT2D eigenvalue weighted by Gasteiger charge is -2.25. The van der Waals surface area contributed by atoms with E-state index in [-0.39, 0.29) is 25.4 Å². The SMILES string of the molecule is CS(=O)(=O)Nc1cc([C@@H](O)CN(CCc2ccc(Br)cc2)C(=O)OCc2ccccc2)ccc1OCc1ccccc1. The number of carbonyl (C=O) groups is 1. The molecule has 0 saturated heterocycles. The zero-order chi connectivity index (χ0) is 30.0. The van der Waals surface area contributed by atoms with Gasteiger partial charge in [-0.15, -0.1) is 0 Å². The van der Waals surface area contributed by atoms with Gasteiger partial charge >= 0.3 is 6.09 Å². The lowest BCUT2D eigenvalue weighted by Crippen LogP contribution is -2.36. The molecule has 4 aromatic rings. The van der Waals surface area contributed by atoms with Crippen molar-refractivity contribution < 1.29 is 27.8 Å². The maximum Gasteiger partial charge on any atom is 0.410 e. The van der Waals surface area contributed by atoms with Crippen molar-refractivity contribution in [2.75, 3.05) is 24.1 Å². The predicted molar refractivity (Wildman–Crippen MR) is 167 cm³/mol. The summed E-state index contributed by atoms with van der Waals surface area (Å²) < 4.78 is 39.1. The Morgan fingerprint density at radius 3 is 2.12 bits per heavy atom. The maximum atomic E-state index is 13.2. The molecule has 0 aromatic heterocycles. The summed E-state index contributed by atoms with van der Waals surface area (Å²) in [7, 11) is -3.64. The average Bonchev–Trinajstić information content (AvgIpc) is 2.98. The van der Waals surface area contributed by atoms with Crippen LogP contribution < -0.4 is 9.46 Å². The summed E-state index contributed by atoms with van der Waals surface area (Å²) in [6.45, 7) is 0.574. The van der Waals surface area contributed by atoms with E-state index in [9.17, 15) is 18.3 Å². The van der Waals surface area contributed by atoms with E-state index in [1.807, 2.05) is 84.9 Å². The van der Waals surface area contributed by atoms with Crippen molar-refractivity contribution in [3.05, 3.63) is 130 Å². The van der Waals surface area contributed by atoms with Gasteiger partial charge in [-0.25, -0.2) is 13.2 Å². The Morgan fingerprint density at radius 1 is 0.881 bits per heavy atom. The summed E-state index contributed by atoms with van der Waals surface area (Å²) in [6.07, 6.45) is -0.0909. The highest BCUT2D eigenvalue weighted by Gasteiger charge is 2.22. The first-order valence-electron chi connectivity index (χ1n) is 13.3. The number of benzene rings is 4. The smallest absolute Gasteiger partial charge is 0.410 e. The number of halogens is 1. The molecule has 0 fully saturated rings. The number of aliphatic hydroxyl groups is 1. The fourth-order valence-electron chi connectivity index (χ4n) is 4.19. The lowest BCUT2D eigenvalue weighted by molar-refractivity contribution is 0.0691. The number of nitrogens with one attached hydrogen (secondary N) is 1. The van der Waals surface area contributed by atoms with Gasteiger partial charge in [-0.3, -0.25) is 4.72 Å². The molecule has 4 rings (SSSR count). The molecule has 4 aromatic carbocycles. The molecule has 0 heterocycles. The minimum atomic E-state index is -3.64. The van der Waals surface area contributed by atoms with Crippen LogP contribution in [0, 0.1) is 0 Å². The minimum Gasteiger partial charge on any atom is -0.487 e. The topological polar surface area (TPSA) is 105 Å². The molecule has 0 radical (unpaired) electrons. The van der Waals surface area contributed by atoms with Crippen molar-refractivity contribution in [3.8, 4) is 5.75 Å². The second-order valence-electron chi connectivity index (χ2n) is 9.78. The highest BCUT2D eigenvalue weighted by atomic mass is 79.9. The van der Waals surface area contributed by atoms with Gasteiger partial charge in [-0.1, -0.05) is 94.8 Å². The molecule has 220 valence electrons. The first-order chi connectivity index (χ1) is 20.2. The number of amides is 1. The first-order valence-corrected chi connectivity index (χ1v) is 16.0. The van der Waals surface area contributed by atoms with Gasteiger partial charge in [0.05, 0.1) is 24.6 Å². The van der Waals surface area contributed by atoms with E-state index >= 15 is 0 Å². The van der Waals surface area contributed by atoms with Gasteiger partial charge in [0.2, 0.25) is 10.0 Å². The molecule has 0 unspecified atom stereocenters. The third-order valence-corrected chi connectivity index (χ3v) is 7.48. The van der Waals surface area contributed by atoms with E-state index in [0.29, 0.717) is 24.3 Å². The Balaban J connectivity index is 1.51. The summed E-state index contributed by atoms with van der Waals surface area (Å²) in [5.41, 5.74) is 3.40. The summed E-state index contributed by atoms with van der Waals surface area (Å²) in [5.74, 6) is 0.314. The molecule has 2 N–H and O–H groups in total. The van der Waals surface area contributed by atoms with Gasteiger partial charge in [-0.05, 0) is 52.9 Å². The van der Waals surface area contributed by atoms with Crippen LogP contribution in [0.1, 0.15) is 28.4 Å². The van der Waals surface area contributed by atoms with Crippen LogP contribution in [0.5, 0.6) is 5.75 Å². The monoisotopic (exact) mass is 652 g/mol. The summed E-state index contributed by atoms with van der Waals surface area (Å²) in [6, 6.07) is 31.4. The number of aliphatic hydroxyl groups excluding tert-OH is 1. The van der Waals surface area contributed by atoms with E-state index in [0.717, 1.165) is 27.4 Å². The van der Waals surface area contributed by atoms with Crippen LogP contribution in [0.3, 0.4) is 0 Å². The molecular formula is C32H33BrN2O6S. The molecule has 0 saturated carbocycles. The summed E-state index contributed by atoms with van der Waals surface area (Å²) in [5, 5.41) is 11.2. The number of ether oxygens (including phenoxy) is 2. The Bertz CT molecular complexity index is 1550. The Labute approximate surface area is 255 Å². The second kappa shape index (κ2) is 14.9. The minimum absolute atomic E-state index is 0.0628.